The summed E-state index contributed by atoms with van der Waals surface area (Å²) in [4.78, 5) is 12.8. The third-order valence-corrected chi connectivity index (χ3v) is 5.68. The number of rotatable bonds is 8. The van der Waals surface area contributed by atoms with Crippen molar-refractivity contribution in [3.05, 3.63) is 47.5 Å². The van der Waals surface area contributed by atoms with Gasteiger partial charge in [-0.25, -0.2) is 8.42 Å². The topological polar surface area (TPSA) is 93.7 Å². The molecule has 0 radical (unpaired) electrons. The van der Waals surface area contributed by atoms with E-state index in [1.165, 1.54) is 32.4 Å². The van der Waals surface area contributed by atoms with Crippen molar-refractivity contribution >= 4 is 33.2 Å². The number of carbonyl (C=O) groups excluding carboxylic acids is 1. The second-order valence-corrected chi connectivity index (χ2v) is 8.51. The lowest BCUT2D eigenvalue weighted by molar-refractivity contribution is -0.118. The van der Waals surface area contributed by atoms with E-state index in [2.05, 4.69) is 10.0 Å². The summed E-state index contributed by atoms with van der Waals surface area (Å²) < 4.78 is 38.2. The van der Waals surface area contributed by atoms with Gasteiger partial charge in [0.05, 0.1) is 24.8 Å². The number of carbonyl (C=O) groups is 1. The van der Waals surface area contributed by atoms with Crippen LogP contribution in [-0.2, 0) is 14.8 Å². The second-order valence-electron chi connectivity index (χ2n) is 6.36. The van der Waals surface area contributed by atoms with Gasteiger partial charge in [0, 0.05) is 11.1 Å². The molecule has 0 fully saturated rings. The molecule has 7 nitrogen and oxygen atoms in total. The number of anilines is 1. The molecule has 0 aliphatic carbocycles. The normalized spacial score (nSPS) is 12.5. The fourth-order valence-electron chi connectivity index (χ4n) is 2.48. The molecule has 9 heteroatoms. The van der Waals surface area contributed by atoms with Gasteiger partial charge in [0.15, 0.2) is 0 Å². The first-order valence-corrected chi connectivity index (χ1v) is 10.3. The molecule has 0 heterocycles. The SMILES string of the molecule is COc1ccc(OC)c(NC(=O)[C@H](NS(=O)(=O)c2cccc(Cl)c2)C(C)C)c1. The average molecular weight is 427 g/mol. The number of benzene rings is 2. The Hall–Kier alpha value is -2.29. The molecular formula is C19H23ClN2O5S. The summed E-state index contributed by atoms with van der Waals surface area (Å²) in [6.45, 7) is 3.49. The minimum absolute atomic E-state index is 0.0163. The van der Waals surface area contributed by atoms with E-state index in [0.717, 1.165) is 0 Å². The quantitative estimate of drug-likeness (QED) is 0.675. The average Bonchev–Trinajstić information content (AvgIpc) is 2.65. The second kappa shape index (κ2) is 9.27. The van der Waals surface area contributed by atoms with Crippen LogP contribution in [0.2, 0.25) is 5.02 Å². The maximum atomic E-state index is 12.8. The highest BCUT2D eigenvalue weighted by molar-refractivity contribution is 7.89. The van der Waals surface area contributed by atoms with E-state index < -0.39 is 22.0 Å². The molecule has 152 valence electrons. The van der Waals surface area contributed by atoms with Crippen LogP contribution in [-0.4, -0.2) is 34.6 Å². The number of sulfonamides is 1. The van der Waals surface area contributed by atoms with Crippen LogP contribution in [0.15, 0.2) is 47.4 Å². The number of methoxy groups -OCH3 is 2. The lowest BCUT2D eigenvalue weighted by atomic mass is 10.0. The van der Waals surface area contributed by atoms with Crippen LogP contribution in [0.5, 0.6) is 11.5 Å². The predicted molar refractivity (Wildman–Crippen MR) is 109 cm³/mol. The number of hydrogen-bond donors (Lipinski definition) is 2. The first kappa shape index (κ1) is 22.0. The Labute approximate surface area is 170 Å². The fourth-order valence-corrected chi connectivity index (χ4v) is 4.13. The van der Waals surface area contributed by atoms with Gasteiger partial charge in [0.2, 0.25) is 15.9 Å². The van der Waals surface area contributed by atoms with Gasteiger partial charge in [-0.3, -0.25) is 4.79 Å². The van der Waals surface area contributed by atoms with Crippen molar-refractivity contribution < 1.29 is 22.7 Å². The molecule has 0 aliphatic rings. The summed E-state index contributed by atoms with van der Waals surface area (Å²) in [5, 5.41) is 2.99. The zero-order valence-electron chi connectivity index (χ0n) is 16.0. The predicted octanol–water partition coefficient (Wildman–Crippen LogP) is 3.30. The van der Waals surface area contributed by atoms with Crippen molar-refractivity contribution in [1.82, 2.24) is 4.72 Å². The van der Waals surface area contributed by atoms with Gasteiger partial charge in [0.25, 0.3) is 0 Å². The molecule has 28 heavy (non-hydrogen) atoms. The van der Waals surface area contributed by atoms with Gasteiger partial charge >= 0.3 is 0 Å². The van der Waals surface area contributed by atoms with E-state index in [1.807, 2.05) is 0 Å². The summed E-state index contributed by atoms with van der Waals surface area (Å²) in [6, 6.07) is 9.76. The fraction of sp³-hybridized carbons (Fsp3) is 0.316. The summed E-state index contributed by atoms with van der Waals surface area (Å²) in [6.07, 6.45) is 0. The molecule has 2 aromatic carbocycles. The lowest BCUT2D eigenvalue weighted by Crippen LogP contribution is -2.47. The number of nitrogens with one attached hydrogen (secondary N) is 2. The molecule has 0 aliphatic heterocycles. The number of ether oxygens (including phenoxy) is 2. The van der Waals surface area contributed by atoms with E-state index in [-0.39, 0.29) is 15.8 Å². The van der Waals surface area contributed by atoms with Crippen molar-refractivity contribution in [2.45, 2.75) is 24.8 Å². The Morgan fingerprint density at radius 2 is 1.79 bits per heavy atom. The maximum Gasteiger partial charge on any atom is 0.242 e. The van der Waals surface area contributed by atoms with E-state index >= 15 is 0 Å². The Bertz CT molecular complexity index is 947. The van der Waals surface area contributed by atoms with Gasteiger partial charge in [0.1, 0.15) is 17.5 Å². The minimum Gasteiger partial charge on any atom is -0.497 e. The van der Waals surface area contributed by atoms with E-state index in [1.54, 1.807) is 38.1 Å². The monoisotopic (exact) mass is 426 g/mol. The number of halogens is 1. The highest BCUT2D eigenvalue weighted by Gasteiger charge is 2.29. The van der Waals surface area contributed by atoms with Crippen LogP contribution >= 0.6 is 11.6 Å². The molecule has 0 saturated carbocycles. The molecule has 2 aromatic rings. The Balaban J connectivity index is 2.28. The zero-order valence-corrected chi connectivity index (χ0v) is 17.6. The summed E-state index contributed by atoms with van der Waals surface area (Å²) in [5.41, 5.74) is 0.374. The number of amides is 1. The van der Waals surface area contributed by atoms with Crippen molar-refractivity contribution in [1.29, 1.82) is 0 Å². The molecule has 2 rings (SSSR count). The Kier molecular flexibility index (Phi) is 7.29. The van der Waals surface area contributed by atoms with Crippen LogP contribution in [0.1, 0.15) is 13.8 Å². The number of hydrogen-bond acceptors (Lipinski definition) is 5. The lowest BCUT2D eigenvalue weighted by Gasteiger charge is -2.22. The van der Waals surface area contributed by atoms with Crippen molar-refractivity contribution in [3.8, 4) is 11.5 Å². The molecule has 0 spiro atoms. The molecule has 1 amide bonds. The van der Waals surface area contributed by atoms with Crippen LogP contribution in [0, 0.1) is 5.92 Å². The molecule has 1 atom stereocenters. The zero-order chi connectivity index (χ0) is 20.9. The van der Waals surface area contributed by atoms with Gasteiger partial charge < -0.3 is 14.8 Å². The van der Waals surface area contributed by atoms with Crippen LogP contribution in [0.3, 0.4) is 0 Å². The summed E-state index contributed by atoms with van der Waals surface area (Å²) in [7, 11) is -0.969. The van der Waals surface area contributed by atoms with Gasteiger partial charge in [-0.2, -0.15) is 4.72 Å². The van der Waals surface area contributed by atoms with E-state index in [0.29, 0.717) is 17.2 Å². The standard InChI is InChI=1S/C19H23ClN2O5S/c1-12(2)18(22-28(24,25)15-7-5-6-13(20)10-15)19(23)21-16-11-14(26-3)8-9-17(16)27-4/h5-12,18,22H,1-4H3,(H,21,23)/t18-/m1/s1. The third kappa shape index (κ3) is 5.37. The molecule has 0 unspecified atom stereocenters. The highest BCUT2D eigenvalue weighted by atomic mass is 35.5. The van der Waals surface area contributed by atoms with Crippen molar-refractivity contribution in [3.63, 3.8) is 0 Å². The molecule has 0 aromatic heterocycles. The van der Waals surface area contributed by atoms with Gasteiger partial charge in [-0.05, 0) is 36.2 Å². The third-order valence-electron chi connectivity index (χ3n) is 4.00. The summed E-state index contributed by atoms with van der Waals surface area (Å²) in [5.74, 6) is 0.115. The molecule has 2 N–H and O–H groups in total. The van der Waals surface area contributed by atoms with Crippen molar-refractivity contribution in [2.75, 3.05) is 19.5 Å². The first-order valence-electron chi connectivity index (χ1n) is 8.48. The van der Waals surface area contributed by atoms with Gasteiger partial charge in [-0.15, -0.1) is 0 Å². The van der Waals surface area contributed by atoms with Crippen molar-refractivity contribution in [2.24, 2.45) is 5.92 Å². The minimum atomic E-state index is -3.94. The summed E-state index contributed by atoms with van der Waals surface area (Å²) >= 11 is 5.88. The van der Waals surface area contributed by atoms with Gasteiger partial charge in [-0.1, -0.05) is 31.5 Å². The van der Waals surface area contributed by atoms with Crippen LogP contribution < -0.4 is 19.5 Å². The smallest absolute Gasteiger partial charge is 0.242 e. The van der Waals surface area contributed by atoms with Crippen LogP contribution in [0.25, 0.3) is 0 Å². The van der Waals surface area contributed by atoms with E-state index in [4.69, 9.17) is 21.1 Å². The van der Waals surface area contributed by atoms with Crippen LogP contribution in [0.4, 0.5) is 5.69 Å². The molecule has 0 saturated heterocycles. The van der Waals surface area contributed by atoms with E-state index in [9.17, 15) is 13.2 Å². The highest BCUT2D eigenvalue weighted by Crippen LogP contribution is 2.29. The molecular weight excluding hydrogens is 404 g/mol. The first-order chi connectivity index (χ1) is 13.2. The Morgan fingerprint density at radius 1 is 1.07 bits per heavy atom. The maximum absolute atomic E-state index is 12.8. The Morgan fingerprint density at radius 3 is 2.36 bits per heavy atom. The largest absolute Gasteiger partial charge is 0.497 e. The molecule has 0 bridgehead atoms.